The molecular weight excluding hydrogens is 296 g/mol. The molecule has 0 fully saturated rings. The standard InChI is InChI=1S/C17H20N2O4/c1-3-18-7-6-15-13(9-18)12-8-11(17(21)22)4-5-14(12)19(15)10-16(20)23-2/h4-5,8H,3,6-7,9-10H2,1-2H3,(H,21,22). The molecule has 0 spiro atoms. The highest BCUT2D eigenvalue weighted by Gasteiger charge is 2.25. The van der Waals surface area contributed by atoms with Crippen molar-refractivity contribution >= 4 is 22.8 Å². The summed E-state index contributed by atoms with van der Waals surface area (Å²) in [5.74, 6) is -1.24. The first kappa shape index (κ1) is 15.6. The number of aromatic carboxylic acids is 1. The third kappa shape index (κ3) is 2.70. The van der Waals surface area contributed by atoms with Crippen molar-refractivity contribution in [3.8, 4) is 0 Å². The highest BCUT2D eigenvalue weighted by atomic mass is 16.5. The Morgan fingerprint density at radius 1 is 1.35 bits per heavy atom. The minimum Gasteiger partial charge on any atom is -0.478 e. The summed E-state index contributed by atoms with van der Waals surface area (Å²) < 4.78 is 6.77. The summed E-state index contributed by atoms with van der Waals surface area (Å²) in [6, 6.07) is 5.08. The molecule has 0 unspecified atom stereocenters. The van der Waals surface area contributed by atoms with Gasteiger partial charge < -0.3 is 14.4 Å². The van der Waals surface area contributed by atoms with Crippen LogP contribution >= 0.6 is 0 Å². The number of benzene rings is 1. The fourth-order valence-corrected chi connectivity index (χ4v) is 3.28. The van der Waals surface area contributed by atoms with Crippen molar-refractivity contribution in [1.82, 2.24) is 9.47 Å². The molecular formula is C17H20N2O4. The van der Waals surface area contributed by atoms with E-state index < -0.39 is 5.97 Å². The van der Waals surface area contributed by atoms with E-state index in [0.717, 1.165) is 48.2 Å². The molecule has 2 aromatic rings. The highest BCUT2D eigenvalue weighted by molar-refractivity contribution is 5.96. The quantitative estimate of drug-likeness (QED) is 0.872. The molecule has 0 saturated heterocycles. The van der Waals surface area contributed by atoms with Crippen molar-refractivity contribution in [1.29, 1.82) is 0 Å². The number of esters is 1. The number of hydrogen-bond acceptors (Lipinski definition) is 4. The molecule has 0 amide bonds. The van der Waals surface area contributed by atoms with Gasteiger partial charge in [-0.3, -0.25) is 9.69 Å². The largest absolute Gasteiger partial charge is 0.478 e. The molecule has 0 atom stereocenters. The molecule has 0 bridgehead atoms. The summed E-state index contributed by atoms with van der Waals surface area (Å²) in [4.78, 5) is 25.3. The zero-order chi connectivity index (χ0) is 16.6. The predicted molar refractivity (Wildman–Crippen MR) is 85.6 cm³/mol. The first-order valence-corrected chi connectivity index (χ1v) is 7.71. The summed E-state index contributed by atoms with van der Waals surface area (Å²) in [5, 5.41) is 10.2. The van der Waals surface area contributed by atoms with Crippen molar-refractivity contribution in [2.24, 2.45) is 0 Å². The normalized spacial score (nSPS) is 14.7. The molecule has 2 heterocycles. The van der Waals surface area contributed by atoms with Gasteiger partial charge in [-0.2, -0.15) is 0 Å². The Balaban J connectivity index is 2.18. The van der Waals surface area contributed by atoms with Crippen LogP contribution in [-0.4, -0.2) is 46.7 Å². The molecule has 0 aliphatic carbocycles. The Labute approximate surface area is 134 Å². The number of likely N-dealkylation sites (N-methyl/N-ethyl adjacent to an activating group) is 1. The number of carbonyl (C=O) groups excluding carboxylic acids is 1. The van der Waals surface area contributed by atoms with Crippen molar-refractivity contribution in [3.63, 3.8) is 0 Å². The second-order valence-corrected chi connectivity index (χ2v) is 5.74. The Morgan fingerprint density at radius 3 is 2.78 bits per heavy atom. The molecule has 1 aliphatic heterocycles. The van der Waals surface area contributed by atoms with Gasteiger partial charge in [-0.15, -0.1) is 0 Å². The van der Waals surface area contributed by atoms with Crippen LogP contribution in [0.2, 0.25) is 0 Å². The van der Waals surface area contributed by atoms with Crippen LogP contribution in [0.5, 0.6) is 0 Å². The lowest BCUT2D eigenvalue weighted by molar-refractivity contribution is -0.141. The van der Waals surface area contributed by atoms with Crippen molar-refractivity contribution in [2.45, 2.75) is 26.4 Å². The number of methoxy groups -OCH3 is 1. The van der Waals surface area contributed by atoms with Gasteiger partial charge in [0.05, 0.1) is 12.7 Å². The summed E-state index contributed by atoms with van der Waals surface area (Å²) in [7, 11) is 1.38. The van der Waals surface area contributed by atoms with E-state index in [0.29, 0.717) is 0 Å². The third-order valence-electron chi connectivity index (χ3n) is 4.54. The van der Waals surface area contributed by atoms with Gasteiger partial charge in [-0.1, -0.05) is 6.92 Å². The number of carboxylic acids is 1. The van der Waals surface area contributed by atoms with Gasteiger partial charge in [0, 0.05) is 36.1 Å². The van der Waals surface area contributed by atoms with Gasteiger partial charge in [0.25, 0.3) is 0 Å². The van der Waals surface area contributed by atoms with Crippen LogP contribution in [0.15, 0.2) is 18.2 Å². The van der Waals surface area contributed by atoms with Crippen LogP contribution in [0.25, 0.3) is 10.9 Å². The number of rotatable bonds is 4. The molecule has 3 rings (SSSR count). The topological polar surface area (TPSA) is 71.8 Å². The van der Waals surface area contributed by atoms with Crippen LogP contribution in [0.3, 0.4) is 0 Å². The second-order valence-electron chi connectivity index (χ2n) is 5.74. The first-order valence-electron chi connectivity index (χ1n) is 7.71. The Bertz CT molecular complexity index is 778. The van der Waals surface area contributed by atoms with Gasteiger partial charge in [0.1, 0.15) is 6.54 Å². The van der Waals surface area contributed by atoms with Gasteiger partial charge in [-0.05, 0) is 30.3 Å². The number of fused-ring (bicyclic) bond motifs is 3. The zero-order valence-electron chi connectivity index (χ0n) is 13.3. The highest BCUT2D eigenvalue weighted by Crippen LogP contribution is 2.31. The van der Waals surface area contributed by atoms with Crippen LogP contribution in [-0.2, 0) is 29.0 Å². The average Bonchev–Trinajstić information content (AvgIpc) is 2.87. The molecule has 1 aromatic carbocycles. The predicted octanol–water partition coefficient (Wildman–Crippen LogP) is 1.89. The lowest BCUT2D eigenvalue weighted by Gasteiger charge is -2.26. The molecule has 122 valence electrons. The smallest absolute Gasteiger partial charge is 0.335 e. The minimum absolute atomic E-state index is 0.154. The maximum Gasteiger partial charge on any atom is 0.335 e. The Kier molecular flexibility index (Phi) is 4.09. The monoisotopic (exact) mass is 316 g/mol. The van der Waals surface area contributed by atoms with E-state index in [2.05, 4.69) is 11.8 Å². The number of hydrogen-bond donors (Lipinski definition) is 1. The van der Waals surface area contributed by atoms with Crippen LogP contribution in [0.1, 0.15) is 28.5 Å². The van der Waals surface area contributed by atoms with Crippen molar-refractivity contribution < 1.29 is 19.4 Å². The SMILES string of the molecule is CCN1CCc2c(c3cc(C(=O)O)ccc3n2CC(=O)OC)C1. The number of nitrogens with zero attached hydrogens (tertiary/aromatic N) is 2. The summed E-state index contributed by atoms with van der Waals surface area (Å²) in [6.07, 6.45) is 0.844. The summed E-state index contributed by atoms with van der Waals surface area (Å²) in [6.45, 7) is 4.93. The Morgan fingerprint density at radius 2 is 2.13 bits per heavy atom. The second kappa shape index (κ2) is 6.04. The lowest BCUT2D eigenvalue weighted by atomic mass is 10.0. The molecule has 0 radical (unpaired) electrons. The summed E-state index contributed by atoms with van der Waals surface area (Å²) in [5.41, 5.74) is 3.39. The number of carboxylic acid groups (broad SMARTS) is 1. The molecule has 1 aromatic heterocycles. The van der Waals surface area contributed by atoms with E-state index in [4.69, 9.17) is 4.74 Å². The van der Waals surface area contributed by atoms with Gasteiger partial charge in [-0.25, -0.2) is 4.79 Å². The van der Waals surface area contributed by atoms with Crippen LogP contribution in [0.4, 0.5) is 0 Å². The fraction of sp³-hybridized carbons (Fsp3) is 0.412. The molecule has 1 N–H and O–H groups in total. The Hall–Kier alpha value is -2.34. The minimum atomic E-state index is -0.940. The average molecular weight is 316 g/mol. The molecule has 1 aliphatic rings. The molecule has 6 nitrogen and oxygen atoms in total. The van der Waals surface area contributed by atoms with E-state index in [9.17, 15) is 14.7 Å². The van der Waals surface area contributed by atoms with E-state index in [1.807, 2.05) is 4.57 Å². The van der Waals surface area contributed by atoms with E-state index in [1.165, 1.54) is 7.11 Å². The molecule has 23 heavy (non-hydrogen) atoms. The van der Waals surface area contributed by atoms with Gasteiger partial charge >= 0.3 is 11.9 Å². The number of aromatic nitrogens is 1. The zero-order valence-corrected chi connectivity index (χ0v) is 13.3. The van der Waals surface area contributed by atoms with Gasteiger partial charge in [0.2, 0.25) is 0 Å². The van der Waals surface area contributed by atoms with Crippen LogP contribution < -0.4 is 0 Å². The van der Waals surface area contributed by atoms with E-state index in [-0.39, 0.29) is 18.1 Å². The first-order chi connectivity index (χ1) is 11.0. The fourth-order valence-electron chi connectivity index (χ4n) is 3.28. The van der Waals surface area contributed by atoms with E-state index >= 15 is 0 Å². The van der Waals surface area contributed by atoms with E-state index in [1.54, 1.807) is 18.2 Å². The number of carbonyl (C=O) groups is 2. The lowest BCUT2D eigenvalue weighted by Crippen LogP contribution is -2.31. The number of ether oxygens (including phenoxy) is 1. The molecule has 0 saturated carbocycles. The maximum absolute atomic E-state index is 11.8. The van der Waals surface area contributed by atoms with Crippen molar-refractivity contribution in [3.05, 3.63) is 35.0 Å². The molecule has 6 heteroatoms. The maximum atomic E-state index is 11.8. The summed E-state index contributed by atoms with van der Waals surface area (Å²) >= 11 is 0. The third-order valence-corrected chi connectivity index (χ3v) is 4.54. The van der Waals surface area contributed by atoms with Gasteiger partial charge in [0.15, 0.2) is 0 Å². The van der Waals surface area contributed by atoms with Crippen LogP contribution in [0, 0.1) is 0 Å². The van der Waals surface area contributed by atoms with Crippen molar-refractivity contribution in [2.75, 3.05) is 20.2 Å².